The van der Waals surface area contributed by atoms with Crippen molar-refractivity contribution in [3.8, 4) is 0 Å². The van der Waals surface area contributed by atoms with E-state index in [4.69, 9.17) is 5.11 Å². The Kier molecular flexibility index (Phi) is 5.85. The molecule has 2 fully saturated rings. The Bertz CT molecular complexity index is 304. The average Bonchev–Trinajstić information content (AvgIpc) is 2.39. The molecule has 0 spiro atoms. The van der Waals surface area contributed by atoms with Crippen LogP contribution >= 0.6 is 0 Å². The third-order valence-electron chi connectivity index (χ3n) is 4.81. The summed E-state index contributed by atoms with van der Waals surface area (Å²) in [5.74, 6) is 0.536. The van der Waals surface area contributed by atoms with E-state index in [1.165, 1.54) is 32.5 Å². The van der Waals surface area contributed by atoms with Gasteiger partial charge in [0.15, 0.2) is 0 Å². The van der Waals surface area contributed by atoms with Crippen LogP contribution in [0.4, 0.5) is 0 Å². The summed E-state index contributed by atoms with van der Waals surface area (Å²) in [6.07, 6.45) is 5.07. The van der Waals surface area contributed by atoms with Gasteiger partial charge in [0.25, 0.3) is 0 Å². The fourth-order valence-electron chi connectivity index (χ4n) is 3.75. The summed E-state index contributed by atoms with van der Waals surface area (Å²) in [6, 6.07) is 0.740. The number of nitrogens with zero attached hydrogens (tertiary/aromatic N) is 2. The van der Waals surface area contributed by atoms with E-state index in [1.807, 2.05) is 0 Å². The highest BCUT2D eigenvalue weighted by Gasteiger charge is 2.28. The maximum absolute atomic E-state index is 10.8. The first-order chi connectivity index (χ1) is 9.54. The van der Waals surface area contributed by atoms with Gasteiger partial charge in [0.1, 0.15) is 0 Å². The topological polar surface area (TPSA) is 43.8 Å². The number of likely N-dealkylation sites (tertiary alicyclic amines) is 2. The Morgan fingerprint density at radius 2 is 1.70 bits per heavy atom. The zero-order valence-electron chi connectivity index (χ0n) is 13.1. The number of piperidine rings is 2. The SMILES string of the molecule is CC(C)CN1CCC(N2CCC(CC(=O)O)CC2)CC1. The zero-order valence-corrected chi connectivity index (χ0v) is 13.1. The molecule has 0 saturated carbocycles. The summed E-state index contributed by atoms with van der Waals surface area (Å²) >= 11 is 0. The second-order valence-electron chi connectivity index (χ2n) is 7.00. The smallest absolute Gasteiger partial charge is 0.303 e. The Labute approximate surface area is 123 Å². The molecule has 0 atom stereocenters. The van der Waals surface area contributed by atoms with Crippen molar-refractivity contribution in [2.75, 3.05) is 32.7 Å². The minimum atomic E-state index is -0.634. The molecule has 4 heteroatoms. The van der Waals surface area contributed by atoms with Gasteiger partial charge in [0.05, 0.1) is 0 Å². The molecule has 20 heavy (non-hydrogen) atoms. The monoisotopic (exact) mass is 282 g/mol. The Hall–Kier alpha value is -0.610. The highest BCUT2D eigenvalue weighted by molar-refractivity contribution is 5.67. The molecule has 4 nitrogen and oxygen atoms in total. The molecule has 0 amide bonds. The second-order valence-corrected chi connectivity index (χ2v) is 7.00. The molecule has 2 rings (SSSR count). The average molecular weight is 282 g/mol. The first kappa shape index (κ1) is 15.8. The molecule has 2 aliphatic heterocycles. The van der Waals surface area contributed by atoms with Crippen molar-refractivity contribution in [3.05, 3.63) is 0 Å². The van der Waals surface area contributed by atoms with Crippen LogP contribution in [-0.2, 0) is 4.79 Å². The van der Waals surface area contributed by atoms with Crippen LogP contribution < -0.4 is 0 Å². The number of hydrogen-bond acceptors (Lipinski definition) is 3. The summed E-state index contributed by atoms with van der Waals surface area (Å²) < 4.78 is 0. The minimum Gasteiger partial charge on any atom is -0.481 e. The first-order valence-corrected chi connectivity index (χ1v) is 8.22. The maximum atomic E-state index is 10.8. The summed E-state index contributed by atoms with van der Waals surface area (Å²) in [5.41, 5.74) is 0. The van der Waals surface area contributed by atoms with E-state index >= 15 is 0 Å². The zero-order chi connectivity index (χ0) is 14.5. The predicted molar refractivity (Wildman–Crippen MR) is 80.8 cm³/mol. The van der Waals surface area contributed by atoms with Gasteiger partial charge in [-0.3, -0.25) is 4.79 Å². The number of hydrogen-bond donors (Lipinski definition) is 1. The van der Waals surface area contributed by atoms with Gasteiger partial charge < -0.3 is 14.9 Å². The Morgan fingerprint density at radius 3 is 2.20 bits per heavy atom. The lowest BCUT2D eigenvalue weighted by Crippen LogP contribution is -2.48. The van der Waals surface area contributed by atoms with Crippen LogP contribution in [0.1, 0.15) is 46.0 Å². The third kappa shape index (κ3) is 4.74. The van der Waals surface area contributed by atoms with E-state index in [0.29, 0.717) is 12.3 Å². The van der Waals surface area contributed by atoms with Gasteiger partial charge in [-0.2, -0.15) is 0 Å². The molecule has 0 aliphatic carbocycles. The highest BCUT2D eigenvalue weighted by atomic mass is 16.4. The van der Waals surface area contributed by atoms with E-state index in [9.17, 15) is 4.79 Å². The van der Waals surface area contributed by atoms with Crippen LogP contribution in [0.2, 0.25) is 0 Å². The molecule has 0 aromatic rings. The van der Waals surface area contributed by atoms with Gasteiger partial charge >= 0.3 is 5.97 Å². The predicted octanol–water partition coefficient (Wildman–Crippen LogP) is 2.29. The fraction of sp³-hybridized carbons (Fsp3) is 0.938. The van der Waals surface area contributed by atoms with Crippen molar-refractivity contribution in [3.63, 3.8) is 0 Å². The van der Waals surface area contributed by atoms with Crippen molar-refractivity contribution in [1.29, 1.82) is 0 Å². The molecule has 2 heterocycles. The summed E-state index contributed by atoms with van der Waals surface area (Å²) in [5, 5.41) is 8.86. The van der Waals surface area contributed by atoms with Crippen LogP contribution in [0.25, 0.3) is 0 Å². The maximum Gasteiger partial charge on any atom is 0.303 e. The van der Waals surface area contributed by atoms with E-state index in [2.05, 4.69) is 23.6 Å². The number of carboxylic acids is 1. The van der Waals surface area contributed by atoms with Crippen molar-refractivity contribution in [2.45, 2.75) is 52.0 Å². The van der Waals surface area contributed by atoms with E-state index in [-0.39, 0.29) is 0 Å². The summed E-state index contributed by atoms with van der Waals surface area (Å²) in [7, 11) is 0. The van der Waals surface area contributed by atoms with Crippen LogP contribution in [-0.4, -0.2) is 59.6 Å². The number of carboxylic acid groups (broad SMARTS) is 1. The molecular formula is C16H30N2O2. The largest absolute Gasteiger partial charge is 0.481 e. The molecule has 0 unspecified atom stereocenters. The molecule has 2 aliphatic rings. The fourth-order valence-corrected chi connectivity index (χ4v) is 3.75. The summed E-state index contributed by atoms with van der Waals surface area (Å²) in [6.45, 7) is 10.5. The van der Waals surface area contributed by atoms with Crippen molar-refractivity contribution < 1.29 is 9.90 Å². The minimum absolute atomic E-state index is 0.362. The highest BCUT2D eigenvalue weighted by Crippen LogP contribution is 2.25. The Morgan fingerprint density at radius 1 is 1.10 bits per heavy atom. The summed E-state index contributed by atoms with van der Waals surface area (Å²) in [4.78, 5) is 16.0. The molecule has 1 N–H and O–H groups in total. The van der Waals surface area contributed by atoms with Gasteiger partial charge in [0.2, 0.25) is 0 Å². The van der Waals surface area contributed by atoms with E-state index in [1.54, 1.807) is 0 Å². The standard InChI is InChI=1S/C16H30N2O2/c1-13(2)12-17-7-5-15(6-8-17)18-9-3-14(4-10-18)11-16(19)20/h13-15H,3-12H2,1-2H3,(H,19,20). The molecule has 2 saturated heterocycles. The lowest BCUT2D eigenvalue weighted by Gasteiger charge is -2.42. The second kappa shape index (κ2) is 7.41. The van der Waals surface area contributed by atoms with Crippen molar-refractivity contribution >= 4 is 5.97 Å². The lowest BCUT2D eigenvalue weighted by atomic mass is 9.91. The van der Waals surface area contributed by atoms with Gasteiger partial charge in [-0.15, -0.1) is 0 Å². The Balaban J connectivity index is 1.69. The molecular weight excluding hydrogens is 252 g/mol. The molecule has 0 aromatic carbocycles. The number of aliphatic carboxylic acids is 1. The normalized spacial score (nSPS) is 24.4. The van der Waals surface area contributed by atoms with Crippen LogP contribution in [0.3, 0.4) is 0 Å². The molecule has 0 radical (unpaired) electrons. The number of carbonyl (C=O) groups is 1. The van der Waals surface area contributed by atoms with Crippen molar-refractivity contribution in [2.24, 2.45) is 11.8 Å². The van der Waals surface area contributed by atoms with Gasteiger partial charge in [-0.25, -0.2) is 0 Å². The van der Waals surface area contributed by atoms with Crippen molar-refractivity contribution in [1.82, 2.24) is 9.80 Å². The van der Waals surface area contributed by atoms with Gasteiger partial charge in [-0.1, -0.05) is 13.8 Å². The van der Waals surface area contributed by atoms with Gasteiger partial charge in [-0.05, 0) is 63.7 Å². The molecule has 0 bridgehead atoms. The molecule has 0 aromatic heterocycles. The first-order valence-electron chi connectivity index (χ1n) is 8.22. The number of rotatable bonds is 5. The lowest BCUT2D eigenvalue weighted by molar-refractivity contribution is -0.138. The van der Waals surface area contributed by atoms with E-state index < -0.39 is 5.97 Å². The van der Waals surface area contributed by atoms with Crippen LogP contribution in [0, 0.1) is 11.8 Å². The van der Waals surface area contributed by atoms with Crippen LogP contribution in [0.15, 0.2) is 0 Å². The quantitative estimate of drug-likeness (QED) is 0.840. The van der Waals surface area contributed by atoms with Crippen LogP contribution in [0.5, 0.6) is 0 Å². The third-order valence-corrected chi connectivity index (χ3v) is 4.81. The molecule has 116 valence electrons. The van der Waals surface area contributed by atoms with E-state index in [0.717, 1.165) is 37.9 Å². The van der Waals surface area contributed by atoms with Gasteiger partial charge in [0, 0.05) is 19.0 Å².